The maximum atomic E-state index is 2.41. The van der Waals surface area contributed by atoms with Gasteiger partial charge in [0, 0.05) is 0 Å². The number of rotatable bonds is 2. The second-order valence-electron chi connectivity index (χ2n) is 5.59. The lowest BCUT2D eigenvalue weighted by Gasteiger charge is -2.25. The molecule has 0 saturated carbocycles. The summed E-state index contributed by atoms with van der Waals surface area (Å²) in [6.45, 7) is 13.2. The van der Waals surface area contributed by atoms with Gasteiger partial charge in [-0.15, -0.1) is 0 Å². The van der Waals surface area contributed by atoms with Crippen LogP contribution >= 0.6 is 22.9 Å². The van der Waals surface area contributed by atoms with Crippen molar-refractivity contribution in [2.75, 3.05) is 3.11 Å². The van der Waals surface area contributed by atoms with E-state index in [0.29, 0.717) is 0 Å². The summed E-state index contributed by atoms with van der Waals surface area (Å²) in [7, 11) is 0. The maximum absolute atomic E-state index is 2.41. The summed E-state index contributed by atoms with van der Waals surface area (Å²) in [5.41, 5.74) is 10.8. The Hall–Kier alpha value is -1.03. The highest BCUT2D eigenvalue weighted by atomic mass is 127. The van der Waals surface area contributed by atoms with Gasteiger partial charge >= 0.3 is 0 Å². The van der Waals surface area contributed by atoms with E-state index < -0.39 is 0 Å². The molecule has 0 fully saturated rings. The van der Waals surface area contributed by atoms with Gasteiger partial charge in [0.2, 0.25) is 0 Å². The Bertz CT molecular complexity index is 612. The average Bonchev–Trinajstić information content (AvgIpc) is 2.44. The van der Waals surface area contributed by atoms with Crippen molar-refractivity contribution in [2.45, 2.75) is 41.5 Å². The normalized spacial score (nSPS) is 10.8. The minimum atomic E-state index is 1.23. The van der Waals surface area contributed by atoms with Gasteiger partial charge < -0.3 is 0 Å². The first-order valence-corrected chi connectivity index (χ1v) is 7.90. The second kappa shape index (κ2) is 5.76. The van der Waals surface area contributed by atoms with E-state index in [2.05, 4.69) is 91.8 Å². The molecule has 0 N–H and O–H groups in total. The predicted molar refractivity (Wildman–Crippen MR) is 97.5 cm³/mol. The molecular formula is C18H22IN. The van der Waals surface area contributed by atoms with E-state index in [0.717, 1.165) is 0 Å². The van der Waals surface area contributed by atoms with Gasteiger partial charge in [-0.25, -0.2) is 0 Å². The number of hydrogen-bond donors (Lipinski definition) is 0. The molecule has 0 aromatic heterocycles. The monoisotopic (exact) mass is 379 g/mol. The Balaban J connectivity index is 2.60. The van der Waals surface area contributed by atoms with Crippen LogP contribution in [0.25, 0.3) is 0 Å². The number of nitrogens with zero attached hydrogens (tertiary/aromatic N) is 1. The lowest BCUT2D eigenvalue weighted by Crippen LogP contribution is -2.08. The van der Waals surface area contributed by atoms with Crippen molar-refractivity contribution >= 4 is 34.2 Å². The molecule has 0 spiro atoms. The topological polar surface area (TPSA) is 3.24 Å². The van der Waals surface area contributed by atoms with E-state index in [1.54, 1.807) is 0 Å². The zero-order valence-corrected chi connectivity index (χ0v) is 15.3. The van der Waals surface area contributed by atoms with E-state index in [1.807, 2.05) is 0 Å². The third-order valence-corrected chi connectivity index (χ3v) is 5.46. The van der Waals surface area contributed by atoms with Crippen molar-refractivity contribution in [2.24, 2.45) is 0 Å². The molecule has 1 nitrogen and oxygen atoms in total. The zero-order chi connectivity index (χ0) is 15.0. The number of hydrogen-bond acceptors (Lipinski definition) is 1. The van der Waals surface area contributed by atoms with E-state index >= 15 is 0 Å². The molecule has 20 heavy (non-hydrogen) atoms. The van der Waals surface area contributed by atoms with Crippen molar-refractivity contribution in [1.29, 1.82) is 0 Å². The summed E-state index contributed by atoms with van der Waals surface area (Å²) in [6.07, 6.45) is 0. The molecule has 0 aliphatic carbocycles. The lowest BCUT2D eigenvalue weighted by atomic mass is 9.93. The fraction of sp³-hybridized carbons (Fsp3) is 0.333. The van der Waals surface area contributed by atoms with Gasteiger partial charge in [0.1, 0.15) is 0 Å². The molecule has 0 atom stereocenters. The fourth-order valence-electron chi connectivity index (χ4n) is 2.58. The van der Waals surface area contributed by atoms with Gasteiger partial charge in [-0.3, -0.25) is 3.11 Å². The minimum Gasteiger partial charge on any atom is -0.282 e. The van der Waals surface area contributed by atoms with Crippen LogP contribution in [0.2, 0.25) is 0 Å². The van der Waals surface area contributed by atoms with E-state index in [1.165, 1.54) is 44.8 Å². The molecule has 0 heterocycles. The Morgan fingerprint density at radius 3 is 1.50 bits per heavy atom. The lowest BCUT2D eigenvalue weighted by molar-refractivity contribution is 1.16. The van der Waals surface area contributed by atoms with Crippen LogP contribution in [0.4, 0.5) is 11.4 Å². The van der Waals surface area contributed by atoms with Crippen molar-refractivity contribution in [3.05, 3.63) is 57.6 Å². The SMILES string of the molecule is Cc1ccc(N(I)c2c(C)c(C)c(C)c(C)c2C)cc1. The quantitative estimate of drug-likeness (QED) is 0.455. The van der Waals surface area contributed by atoms with Crippen LogP contribution in [0.3, 0.4) is 0 Å². The second-order valence-corrected chi connectivity index (χ2v) is 6.55. The first-order valence-electron chi connectivity index (χ1n) is 6.94. The third-order valence-electron chi connectivity index (χ3n) is 4.42. The van der Waals surface area contributed by atoms with Crippen LogP contribution in [0.15, 0.2) is 24.3 Å². The van der Waals surface area contributed by atoms with Crippen LogP contribution in [-0.4, -0.2) is 0 Å². The smallest absolute Gasteiger partial charge is 0.0646 e. The van der Waals surface area contributed by atoms with Crippen molar-refractivity contribution in [1.82, 2.24) is 0 Å². The molecule has 2 rings (SSSR count). The third kappa shape index (κ3) is 2.58. The Morgan fingerprint density at radius 1 is 0.650 bits per heavy atom. The van der Waals surface area contributed by atoms with E-state index in [4.69, 9.17) is 0 Å². The van der Waals surface area contributed by atoms with Gasteiger partial charge in [0.25, 0.3) is 0 Å². The van der Waals surface area contributed by atoms with Crippen LogP contribution in [0.5, 0.6) is 0 Å². The molecule has 106 valence electrons. The molecular weight excluding hydrogens is 357 g/mol. The van der Waals surface area contributed by atoms with E-state index in [-0.39, 0.29) is 0 Å². The summed E-state index contributed by atoms with van der Waals surface area (Å²) >= 11 is 2.41. The standard InChI is InChI=1S/C18H22IN/c1-11-7-9-17(10-8-11)20(19)18-15(5)13(3)12(2)14(4)16(18)6/h7-10H,1-6H3. The number of anilines is 2. The molecule has 2 aromatic carbocycles. The van der Waals surface area contributed by atoms with E-state index in [9.17, 15) is 0 Å². The molecule has 0 bridgehead atoms. The number of halogens is 1. The van der Waals surface area contributed by atoms with Gasteiger partial charge in [0.15, 0.2) is 0 Å². The molecule has 0 aliphatic heterocycles. The minimum absolute atomic E-state index is 1.23. The highest BCUT2D eigenvalue weighted by Crippen LogP contribution is 2.39. The van der Waals surface area contributed by atoms with Gasteiger partial charge in [0.05, 0.1) is 34.2 Å². The maximum Gasteiger partial charge on any atom is 0.0646 e. The Labute approximate surface area is 136 Å². The van der Waals surface area contributed by atoms with Gasteiger partial charge in [-0.1, -0.05) is 17.7 Å². The predicted octanol–water partition coefficient (Wildman–Crippen LogP) is 6.03. The van der Waals surface area contributed by atoms with Crippen LogP contribution in [0, 0.1) is 41.5 Å². The van der Waals surface area contributed by atoms with Crippen LogP contribution in [-0.2, 0) is 0 Å². The molecule has 0 aliphatic rings. The van der Waals surface area contributed by atoms with Crippen LogP contribution in [0.1, 0.15) is 33.4 Å². The largest absolute Gasteiger partial charge is 0.282 e. The summed E-state index contributed by atoms with van der Waals surface area (Å²) in [4.78, 5) is 0. The van der Waals surface area contributed by atoms with Crippen molar-refractivity contribution in [3.8, 4) is 0 Å². The average molecular weight is 379 g/mol. The summed E-state index contributed by atoms with van der Waals surface area (Å²) in [5.74, 6) is 0. The van der Waals surface area contributed by atoms with Gasteiger partial charge in [-0.05, 0) is 81.5 Å². The number of aryl methyl sites for hydroxylation is 1. The van der Waals surface area contributed by atoms with Crippen molar-refractivity contribution in [3.63, 3.8) is 0 Å². The highest BCUT2D eigenvalue weighted by molar-refractivity contribution is 14.1. The fourth-order valence-corrected chi connectivity index (χ4v) is 3.62. The first kappa shape index (κ1) is 15.4. The van der Waals surface area contributed by atoms with Gasteiger partial charge in [-0.2, -0.15) is 0 Å². The summed E-state index contributed by atoms with van der Waals surface area (Å²) in [5, 5.41) is 0. The molecule has 2 heteroatoms. The summed E-state index contributed by atoms with van der Waals surface area (Å²) in [6, 6.07) is 8.70. The highest BCUT2D eigenvalue weighted by Gasteiger charge is 2.17. The molecule has 2 aromatic rings. The van der Waals surface area contributed by atoms with Crippen LogP contribution < -0.4 is 3.11 Å². The molecule has 0 unspecified atom stereocenters. The number of benzene rings is 2. The van der Waals surface area contributed by atoms with Crippen molar-refractivity contribution < 1.29 is 0 Å². The molecule has 0 radical (unpaired) electrons. The molecule has 0 amide bonds. The zero-order valence-electron chi connectivity index (χ0n) is 13.1. The summed E-state index contributed by atoms with van der Waals surface area (Å²) < 4.78 is 2.28. The molecule has 0 saturated heterocycles. The Morgan fingerprint density at radius 2 is 1.05 bits per heavy atom. The first-order chi connectivity index (χ1) is 9.34. The Kier molecular flexibility index (Phi) is 4.43.